The van der Waals surface area contributed by atoms with E-state index in [9.17, 15) is 4.79 Å². The van der Waals surface area contributed by atoms with Crippen molar-refractivity contribution in [2.75, 3.05) is 11.9 Å². The number of anilines is 2. The van der Waals surface area contributed by atoms with Gasteiger partial charge in [0.25, 0.3) is 0 Å². The quantitative estimate of drug-likeness (QED) is 0.248. The summed E-state index contributed by atoms with van der Waals surface area (Å²) in [5.41, 5.74) is 11.0. The van der Waals surface area contributed by atoms with Crippen molar-refractivity contribution in [3.8, 4) is 22.5 Å². The van der Waals surface area contributed by atoms with Crippen LogP contribution in [0.15, 0.2) is 73.2 Å². The third-order valence-corrected chi connectivity index (χ3v) is 5.76. The molecule has 0 bridgehead atoms. The summed E-state index contributed by atoms with van der Waals surface area (Å²) in [7, 11) is 0. The van der Waals surface area contributed by atoms with Crippen LogP contribution < -0.4 is 11.1 Å². The molecule has 0 saturated heterocycles. The minimum absolute atomic E-state index is 0.0666. The van der Waals surface area contributed by atoms with Crippen LogP contribution in [0.3, 0.4) is 0 Å². The van der Waals surface area contributed by atoms with Gasteiger partial charge in [0.05, 0.1) is 11.9 Å². The zero-order valence-electron chi connectivity index (χ0n) is 18.7. The molecule has 0 radical (unpaired) electrons. The maximum absolute atomic E-state index is 12.5. The first-order valence-electron chi connectivity index (χ1n) is 11.1. The standard InChI is InChI=1S/C26H25N7O/c1-16(13-27)10-24(34)23-11-18-2-3-19(12-22(18)32-23)26-28-9-8-25(33-26)31-21-6-4-17(5-7-21)20-14-29-30-15-20/h2-9,11-12,14-16,32H,10,13,27H2,1H3,(H,29,30)(H,28,31,33)/t16-/m0/s1. The molecule has 34 heavy (non-hydrogen) atoms. The van der Waals surface area contributed by atoms with E-state index in [1.165, 1.54) is 0 Å². The summed E-state index contributed by atoms with van der Waals surface area (Å²) < 4.78 is 0. The van der Waals surface area contributed by atoms with E-state index in [-0.39, 0.29) is 11.7 Å². The monoisotopic (exact) mass is 451 g/mol. The second kappa shape index (κ2) is 9.29. The number of aromatic amines is 2. The number of nitrogens with zero attached hydrogens (tertiary/aromatic N) is 3. The smallest absolute Gasteiger partial charge is 0.179 e. The van der Waals surface area contributed by atoms with E-state index < -0.39 is 0 Å². The average molecular weight is 452 g/mol. The number of nitrogens with one attached hydrogen (secondary N) is 3. The number of H-pyrrole nitrogens is 2. The largest absolute Gasteiger partial charge is 0.352 e. The van der Waals surface area contributed by atoms with Crippen molar-refractivity contribution in [3.63, 3.8) is 0 Å². The van der Waals surface area contributed by atoms with Crippen LogP contribution in [0.1, 0.15) is 23.8 Å². The van der Waals surface area contributed by atoms with Gasteiger partial charge in [0.2, 0.25) is 0 Å². The number of aromatic nitrogens is 5. The molecule has 0 aliphatic heterocycles. The van der Waals surface area contributed by atoms with Gasteiger partial charge in [-0.25, -0.2) is 9.97 Å². The fraction of sp³-hybridized carbons (Fsp3) is 0.154. The molecule has 0 unspecified atom stereocenters. The van der Waals surface area contributed by atoms with Gasteiger partial charge < -0.3 is 16.0 Å². The van der Waals surface area contributed by atoms with E-state index in [4.69, 9.17) is 5.73 Å². The van der Waals surface area contributed by atoms with Gasteiger partial charge in [0.15, 0.2) is 11.6 Å². The second-order valence-electron chi connectivity index (χ2n) is 8.41. The van der Waals surface area contributed by atoms with E-state index in [2.05, 4.69) is 30.5 Å². The number of Topliss-reactive ketones (excluding diaryl/α,β-unsaturated/α-hetero) is 1. The first kappa shape index (κ1) is 21.5. The Bertz CT molecular complexity index is 1420. The van der Waals surface area contributed by atoms with Gasteiger partial charge >= 0.3 is 0 Å². The van der Waals surface area contributed by atoms with Crippen LogP contribution in [-0.4, -0.2) is 37.5 Å². The molecular formula is C26H25N7O. The lowest BCUT2D eigenvalue weighted by atomic mass is 10.0. The molecule has 0 aliphatic carbocycles. The molecule has 3 heterocycles. The van der Waals surface area contributed by atoms with Gasteiger partial charge in [-0.3, -0.25) is 9.89 Å². The Labute approximate surface area is 196 Å². The van der Waals surface area contributed by atoms with Crippen molar-refractivity contribution in [1.82, 2.24) is 25.1 Å². The van der Waals surface area contributed by atoms with Gasteiger partial charge in [-0.15, -0.1) is 0 Å². The van der Waals surface area contributed by atoms with E-state index >= 15 is 0 Å². The molecule has 0 saturated carbocycles. The summed E-state index contributed by atoms with van der Waals surface area (Å²) in [5.74, 6) is 1.51. The van der Waals surface area contributed by atoms with Crippen molar-refractivity contribution in [1.29, 1.82) is 0 Å². The molecule has 8 nitrogen and oxygen atoms in total. The van der Waals surface area contributed by atoms with Crippen LogP contribution in [-0.2, 0) is 0 Å². The molecular weight excluding hydrogens is 426 g/mol. The van der Waals surface area contributed by atoms with Crippen molar-refractivity contribution in [2.24, 2.45) is 11.7 Å². The van der Waals surface area contributed by atoms with E-state index in [1.807, 2.05) is 67.7 Å². The fourth-order valence-corrected chi connectivity index (χ4v) is 3.80. The molecule has 8 heteroatoms. The average Bonchev–Trinajstić information content (AvgIpc) is 3.54. The van der Waals surface area contributed by atoms with E-state index in [0.717, 1.165) is 33.3 Å². The number of rotatable bonds is 8. The fourth-order valence-electron chi connectivity index (χ4n) is 3.80. The van der Waals surface area contributed by atoms with Crippen LogP contribution >= 0.6 is 0 Å². The minimum Gasteiger partial charge on any atom is -0.352 e. The number of fused-ring (bicyclic) bond motifs is 1. The molecule has 1 atom stereocenters. The normalized spacial score (nSPS) is 12.1. The lowest BCUT2D eigenvalue weighted by Gasteiger charge is -2.08. The van der Waals surface area contributed by atoms with Crippen molar-refractivity contribution < 1.29 is 4.79 Å². The van der Waals surface area contributed by atoms with E-state index in [0.29, 0.717) is 30.3 Å². The Morgan fingerprint density at radius 3 is 2.65 bits per heavy atom. The van der Waals surface area contributed by atoms with E-state index in [1.54, 1.807) is 12.4 Å². The molecule has 170 valence electrons. The molecule has 5 rings (SSSR count). The molecule has 5 aromatic rings. The Hall–Kier alpha value is -4.30. The predicted molar refractivity (Wildman–Crippen MR) is 134 cm³/mol. The van der Waals surface area contributed by atoms with Crippen LogP contribution in [0.2, 0.25) is 0 Å². The van der Waals surface area contributed by atoms with Crippen molar-refractivity contribution >= 4 is 28.2 Å². The van der Waals surface area contributed by atoms with Gasteiger partial charge in [0, 0.05) is 46.5 Å². The molecule has 0 fully saturated rings. The molecule has 2 aromatic carbocycles. The summed E-state index contributed by atoms with van der Waals surface area (Å²) in [5, 5.41) is 11.1. The number of nitrogens with two attached hydrogens (primary N) is 1. The number of carbonyl (C=O) groups is 1. The summed E-state index contributed by atoms with van der Waals surface area (Å²) in [6.07, 6.45) is 5.81. The zero-order valence-corrected chi connectivity index (χ0v) is 18.7. The van der Waals surface area contributed by atoms with Gasteiger partial charge in [-0.2, -0.15) is 5.10 Å². The number of carbonyl (C=O) groups excluding carboxylic acids is 1. The number of hydrogen-bond acceptors (Lipinski definition) is 6. The maximum atomic E-state index is 12.5. The molecule has 0 spiro atoms. The maximum Gasteiger partial charge on any atom is 0.179 e. The summed E-state index contributed by atoms with van der Waals surface area (Å²) in [4.78, 5) is 24.9. The van der Waals surface area contributed by atoms with Crippen molar-refractivity contribution in [3.05, 3.63) is 78.9 Å². The van der Waals surface area contributed by atoms with Crippen LogP contribution in [0.5, 0.6) is 0 Å². The SMILES string of the molecule is C[C@H](CN)CC(=O)c1cc2ccc(-c3nccc(Nc4ccc(-c5cn[nH]c5)cc4)n3)cc2[nH]1. The third-order valence-electron chi connectivity index (χ3n) is 5.76. The Balaban J connectivity index is 1.35. The third kappa shape index (κ3) is 4.57. The van der Waals surface area contributed by atoms with Crippen LogP contribution in [0.25, 0.3) is 33.4 Å². The van der Waals surface area contributed by atoms with Crippen LogP contribution in [0, 0.1) is 5.92 Å². The highest BCUT2D eigenvalue weighted by atomic mass is 16.1. The number of benzene rings is 2. The van der Waals surface area contributed by atoms with Gasteiger partial charge in [-0.05, 0) is 48.4 Å². The Kier molecular flexibility index (Phi) is 5.88. The first-order chi connectivity index (χ1) is 16.6. The highest BCUT2D eigenvalue weighted by molar-refractivity contribution is 6.00. The Morgan fingerprint density at radius 2 is 1.88 bits per heavy atom. The molecule has 5 N–H and O–H groups in total. The highest BCUT2D eigenvalue weighted by Gasteiger charge is 2.14. The topological polar surface area (TPSA) is 125 Å². The molecule has 3 aromatic heterocycles. The molecule has 0 amide bonds. The predicted octanol–water partition coefficient (Wildman–Crippen LogP) is 4.93. The summed E-state index contributed by atoms with van der Waals surface area (Å²) in [6, 6.07) is 17.7. The van der Waals surface area contributed by atoms with Crippen LogP contribution in [0.4, 0.5) is 11.5 Å². The number of ketones is 1. The molecule has 0 aliphatic rings. The van der Waals surface area contributed by atoms with Gasteiger partial charge in [0.1, 0.15) is 5.82 Å². The zero-order chi connectivity index (χ0) is 23.5. The summed E-state index contributed by atoms with van der Waals surface area (Å²) in [6.45, 7) is 2.47. The van der Waals surface area contributed by atoms with Gasteiger partial charge in [-0.1, -0.05) is 31.2 Å². The Morgan fingerprint density at radius 1 is 1.06 bits per heavy atom. The second-order valence-corrected chi connectivity index (χ2v) is 8.41. The lowest BCUT2D eigenvalue weighted by Crippen LogP contribution is -2.15. The minimum atomic E-state index is 0.0666. The lowest BCUT2D eigenvalue weighted by molar-refractivity contribution is 0.0962. The number of hydrogen-bond donors (Lipinski definition) is 4. The van der Waals surface area contributed by atoms with Crippen molar-refractivity contribution in [2.45, 2.75) is 13.3 Å². The highest BCUT2D eigenvalue weighted by Crippen LogP contribution is 2.26. The first-order valence-corrected chi connectivity index (χ1v) is 11.1. The summed E-state index contributed by atoms with van der Waals surface area (Å²) >= 11 is 0.